The number of allylic oxidation sites excluding steroid dienone is 5. The van der Waals surface area contributed by atoms with Crippen molar-refractivity contribution in [3.05, 3.63) is 36.5 Å². The van der Waals surface area contributed by atoms with Crippen molar-refractivity contribution in [1.29, 1.82) is 0 Å². The number of amides is 2. The van der Waals surface area contributed by atoms with Gasteiger partial charge in [-0.2, -0.15) is 0 Å². The molecule has 0 aliphatic heterocycles. The molecule has 0 aliphatic carbocycles. The Morgan fingerprint density at radius 1 is 0.837 bits per heavy atom. The predicted molar refractivity (Wildman–Crippen MR) is 167 cm³/mol. The van der Waals surface area contributed by atoms with Gasteiger partial charge in [-0.25, -0.2) is 0 Å². The summed E-state index contributed by atoms with van der Waals surface area (Å²) in [7, 11) is 0. The molecule has 0 heterocycles. The van der Waals surface area contributed by atoms with Gasteiger partial charge in [-0.1, -0.05) is 75.5 Å². The third-order valence-electron chi connectivity index (χ3n) is 6.28. The van der Waals surface area contributed by atoms with Crippen LogP contribution in [0.1, 0.15) is 84.0 Å². The highest BCUT2D eigenvalue weighted by atomic mass is 32.2. The Balaban J connectivity index is 5.31. The van der Waals surface area contributed by atoms with Gasteiger partial charge < -0.3 is 36.8 Å². The van der Waals surface area contributed by atoms with Crippen LogP contribution < -0.4 is 16.4 Å². The number of hydrogen-bond donors (Lipinski definition) is 7. The molecular formula is C30H49N3O9S. The number of unbranched alkanes of at least 4 members (excludes halogenated alkanes) is 6. The van der Waals surface area contributed by atoms with Gasteiger partial charge in [0.2, 0.25) is 11.8 Å². The SMILES string of the molecule is CCCCCCCC/C=C/C=C/C=C/[C@@H](SCC(NC(=O)CCC(N)C(=O)O)C(=O)NCC(=O)O)[C@@H](O)CCCC(=O)O. The van der Waals surface area contributed by atoms with E-state index < -0.39 is 59.7 Å². The van der Waals surface area contributed by atoms with Gasteiger partial charge >= 0.3 is 17.9 Å². The summed E-state index contributed by atoms with van der Waals surface area (Å²) in [5.74, 6) is -4.98. The van der Waals surface area contributed by atoms with Gasteiger partial charge in [0.1, 0.15) is 18.6 Å². The average molecular weight is 628 g/mol. The van der Waals surface area contributed by atoms with Crippen LogP contribution >= 0.6 is 11.8 Å². The first kappa shape index (κ1) is 39.8. The molecule has 0 rings (SSSR count). The number of rotatable bonds is 26. The van der Waals surface area contributed by atoms with Crippen molar-refractivity contribution in [3.8, 4) is 0 Å². The monoisotopic (exact) mass is 627 g/mol. The van der Waals surface area contributed by atoms with E-state index in [0.717, 1.165) is 24.6 Å². The van der Waals surface area contributed by atoms with Gasteiger partial charge in [-0.05, 0) is 32.1 Å². The number of aliphatic hydroxyl groups excluding tert-OH is 1. The van der Waals surface area contributed by atoms with E-state index in [1.165, 1.54) is 32.1 Å². The van der Waals surface area contributed by atoms with E-state index in [1.54, 1.807) is 18.2 Å². The van der Waals surface area contributed by atoms with Gasteiger partial charge in [0, 0.05) is 23.8 Å². The van der Waals surface area contributed by atoms with Crippen molar-refractivity contribution >= 4 is 41.5 Å². The lowest BCUT2D eigenvalue weighted by Gasteiger charge is -2.23. The Bertz CT molecular complexity index is 940. The molecule has 0 aromatic heterocycles. The van der Waals surface area contributed by atoms with Crippen LogP contribution in [0, 0.1) is 0 Å². The summed E-state index contributed by atoms with van der Waals surface area (Å²) in [5.41, 5.74) is 5.44. The second-order valence-electron chi connectivity index (χ2n) is 10.1. The number of nitrogens with two attached hydrogens (primary N) is 1. The Kier molecular flexibility index (Phi) is 23.5. The standard InChI is InChI=1S/C30H49N3O9S/c1-2-3-4-5-6-7-8-9-10-11-12-13-16-25(24(34)15-14-17-27(36)37)43-21-23(29(40)32-20-28(38)39)33-26(35)19-18-22(31)30(41)42/h9-13,16,22-25,34H,2-8,14-15,17-21,31H2,1H3,(H,32,40)(H,33,35)(H,36,37)(H,38,39)(H,41,42)/b10-9+,12-11+,16-13+/t22?,23?,24-,25+/m0/s1. The molecule has 0 aliphatic rings. The van der Waals surface area contributed by atoms with Crippen LogP contribution in [0.5, 0.6) is 0 Å². The quantitative estimate of drug-likeness (QED) is 0.0546. The number of aliphatic carboxylic acids is 3. The van der Waals surface area contributed by atoms with Gasteiger partial charge in [0.25, 0.3) is 0 Å². The van der Waals surface area contributed by atoms with Crippen molar-refractivity contribution in [2.24, 2.45) is 5.73 Å². The number of carbonyl (C=O) groups excluding carboxylic acids is 2. The maximum absolute atomic E-state index is 12.6. The molecule has 2 amide bonds. The molecule has 13 heteroatoms. The summed E-state index contributed by atoms with van der Waals surface area (Å²) in [6, 6.07) is -2.44. The van der Waals surface area contributed by atoms with Crippen LogP contribution in [-0.4, -0.2) is 85.9 Å². The summed E-state index contributed by atoms with van der Waals surface area (Å²) in [6.07, 6.45) is 18.4. The summed E-state index contributed by atoms with van der Waals surface area (Å²) < 4.78 is 0. The Labute approximate surface area is 258 Å². The van der Waals surface area contributed by atoms with Crippen LogP contribution in [0.3, 0.4) is 0 Å². The highest BCUT2D eigenvalue weighted by molar-refractivity contribution is 8.00. The minimum atomic E-state index is -1.28. The molecule has 2 unspecified atom stereocenters. The minimum absolute atomic E-state index is 0.0466. The van der Waals surface area contributed by atoms with E-state index in [-0.39, 0.29) is 37.9 Å². The van der Waals surface area contributed by atoms with Crippen LogP contribution in [0.25, 0.3) is 0 Å². The highest BCUT2D eigenvalue weighted by Gasteiger charge is 2.25. The normalized spacial score (nSPS) is 14.5. The van der Waals surface area contributed by atoms with E-state index in [9.17, 15) is 29.1 Å². The molecule has 0 saturated heterocycles. The molecular weight excluding hydrogens is 578 g/mol. The van der Waals surface area contributed by atoms with Crippen molar-refractivity contribution in [2.75, 3.05) is 12.3 Å². The van der Waals surface area contributed by atoms with E-state index in [0.29, 0.717) is 0 Å². The zero-order valence-electron chi connectivity index (χ0n) is 25.0. The van der Waals surface area contributed by atoms with E-state index >= 15 is 0 Å². The van der Waals surface area contributed by atoms with Crippen LogP contribution in [0.2, 0.25) is 0 Å². The number of thioether (sulfide) groups is 1. The van der Waals surface area contributed by atoms with Crippen molar-refractivity contribution in [1.82, 2.24) is 10.6 Å². The van der Waals surface area contributed by atoms with Crippen LogP contribution in [0.15, 0.2) is 36.5 Å². The average Bonchev–Trinajstić information content (AvgIpc) is 2.95. The molecule has 0 aromatic rings. The summed E-state index contributed by atoms with van der Waals surface area (Å²) in [6.45, 7) is 1.52. The fourth-order valence-electron chi connectivity index (χ4n) is 3.79. The van der Waals surface area contributed by atoms with Gasteiger partial charge in [-0.3, -0.25) is 24.0 Å². The molecule has 0 fully saturated rings. The van der Waals surface area contributed by atoms with Crippen molar-refractivity contribution in [3.63, 3.8) is 0 Å². The van der Waals surface area contributed by atoms with Crippen LogP contribution in [0.4, 0.5) is 0 Å². The second kappa shape index (κ2) is 25.3. The molecule has 0 bridgehead atoms. The number of aliphatic hydroxyl groups is 1. The topological polar surface area (TPSA) is 216 Å². The fourth-order valence-corrected chi connectivity index (χ4v) is 5.00. The van der Waals surface area contributed by atoms with E-state index in [4.69, 9.17) is 21.1 Å². The maximum Gasteiger partial charge on any atom is 0.322 e. The van der Waals surface area contributed by atoms with Gasteiger partial charge in [0.05, 0.1) is 6.10 Å². The third kappa shape index (κ3) is 23.0. The number of nitrogens with one attached hydrogen (secondary N) is 2. The fraction of sp³-hybridized carbons (Fsp3) is 0.633. The molecule has 244 valence electrons. The van der Waals surface area contributed by atoms with Gasteiger partial charge in [-0.15, -0.1) is 11.8 Å². The highest BCUT2D eigenvalue weighted by Crippen LogP contribution is 2.22. The number of hydrogen-bond acceptors (Lipinski definition) is 8. The largest absolute Gasteiger partial charge is 0.481 e. The molecule has 4 atom stereocenters. The third-order valence-corrected chi connectivity index (χ3v) is 7.67. The van der Waals surface area contributed by atoms with Gasteiger partial charge in [0.15, 0.2) is 0 Å². The van der Waals surface area contributed by atoms with Crippen LogP contribution in [-0.2, 0) is 24.0 Å². The molecule has 12 nitrogen and oxygen atoms in total. The molecule has 0 radical (unpaired) electrons. The lowest BCUT2D eigenvalue weighted by molar-refractivity contribution is -0.139. The smallest absolute Gasteiger partial charge is 0.322 e. The molecule has 0 saturated carbocycles. The Hall–Kier alpha value is -3.16. The number of carboxylic acid groups (broad SMARTS) is 3. The zero-order chi connectivity index (χ0) is 32.5. The van der Waals surface area contributed by atoms with E-state index in [2.05, 4.69) is 23.6 Å². The first-order valence-electron chi connectivity index (χ1n) is 14.8. The maximum atomic E-state index is 12.6. The first-order valence-corrected chi connectivity index (χ1v) is 15.8. The number of carboxylic acids is 3. The van der Waals surface area contributed by atoms with Crippen molar-refractivity contribution < 1.29 is 44.4 Å². The Morgan fingerprint density at radius 2 is 1.51 bits per heavy atom. The van der Waals surface area contributed by atoms with E-state index in [1.807, 2.05) is 12.2 Å². The molecule has 43 heavy (non-hydrogen) atoms. The summed E-state index contributed by atoms with van der Waals surface area (Å²) >= 11 is 1.14. The Morgan fingerprint density at radius 3 is 2.16 bits per heavy atom. The van der Waals surface area contributed by atoms with Crippen molar-refractivity contribution in [2.45, 2.75) is 107 Å². The first-order chi connectivity index (χ1) is 20.5. The molecule has 0 spiro atoms. The lowest BCUT2D eigenvalue weighted by atomic mass is 10.1. The lowest BCUT2D eigenvalue weighted by Crippen LogP contribution is -2.50. The summed E-state index contributed by atoms with van der Waals surface area (Å²) in [5, 5.41) is 41.6. The zero-order valence-corrected chi connectivity index (χ0v) is 25.8. The predicted octanol–water partition coefficient (Wildman–Crippen LogP) is 3.00. The molecule has 0 aromatic carbocycles. The minimum Gasteiger partial charge on any atom is -0.481 e. The second-order valence-corrected chi connectivity index (χ2v) is 11.3. The molecule has 8 N–H and O–H groups in total. The summed E-state index contributed by atoms with van der Waals surface area (Å²) in [4.78, 5) is 57.8. The number of carbonyl (C=O) groups is 5.